The Balaban J connectivity index is 3.72. The molecule has 0 aliphatic carbocycles. The Morgan fingerprint density at radius 1 is 1.50 bits per heavy atom. The van der Waals surface area contributed by atoms with Gasteiger partial charge in [0.25, 0.3) is 0 Å². The van der Waals surface area contributed by atoms with Crippen molar-refractivity contribution in [3.63, 3.8) is 0 Å². The lowest BCUT2D eigenvalue weighted by molar-refractivity contribution is 0.493. The van der Waals surface area contributed by atoms with Crippen LogP contribution in [0, 0.1) is 0 Å². The summed E-state index contributed by atoms with van der Waals surface area (Å²) in [6.07, 6.45) is 3.27. The standard InChI is InChI=1S/C7H15N/c1-5-7(6-2)8(3)4/h5H,6H2,1-4H3/b7-5-. The Hall–Kier alpha value is -0.460. The highest BCUT2D eigenvalue weighted by Gasteiger charge is 1.90. The summed E-state index contributed by atoms with van der Waals surface area (Å²) in [6.45, 7) is 4.23. The van der Waals surface area contributed by atoms with Crippen LogP contribution in [0.25, 0.3) is 0 Å². The van der Waals surface area contributed by atoms with Crippen molar-refractivity contribution in [2.75, 3.05) is 14.1 Å². The van der Waals surface area contributed by atoms with Crippen LogP contribution in [-0.4, -0.2) is 19.0 Å². The van der Waals surface area contributed by atoms with Gasteiger partial charge in [-0.2, -0.15) is 0 Å². The van der Waals surface area contributed by atoms with Gasteiger partial charge in [-0.1, -0.05) is 13.0 Å². The maximum absolute atomic E-state index is 2.16. The molecule has 0 unspecified atom stereocenters. The Morgan fingerprint density at radius 3 is 2.00 bits per heavy atom. The van der Waals surface area contributed by atoms with E-state index < -0.39 is 0 Å². The van der Waals surface area contributed by atoms with E-state index in [4.69, 9.17) is 0 Å². The van der Waals surface area contributed by atoms with Crippen LogP contribution in [-0.2, 0) is 0 Å². The molecule has 0 aliphatic heterocycles. The SMILES string of the molecule is C/C=C(/CC)N(C)C. The first-order chi connectivity index (χ1) is 3.72. The number of allylic oxidation sites excluding steroid dienone is 2. The molecule has 1 heteroatoms. The highest BCUT2D eigenvalue weighted by atomic mass is 15.1. The van der Waals surface area contributed by atoms with E-state index in [1.54, 1.807) is 0 Å². The van der Waals surface area contributed by atoms with Gasteiger partial charge in [0.1, 0.15) is 0 Å². The molecule has 0 rings (SSSR count). The van der Waals surface area contributed by atoms with E-state index in [1.807, 2.05) is 0 Å². The molecule has 0 atom stereocenters. The van der Waals surface area contributed by atoms with Gasteiger partial charge < -0.3 is 4.90 Å². The molecule has 0 aliphatic rings. The zero-order valence-electron chi connectivity index (χ0n) is 6.23. The van der Waals surface area contributed by atoms with Gasteiger partial charge in [0, 0.05) is 19.8 Å². The van der Waals surface area contributed by atoms with Crippen LogP contribution >= 0.6 is 0 Å². The molecule has 0 saturated carbocycles. The van der Waals surface area contributed by atoms with Crippen LogP contribution < -0.4 is 0 Å². The summed E-state index contributed by atoms with van der Waals surface area (Å²) in [5.74, 6) is 0. The molecule has 0 heterocycles. The van der Waals surface area contributed by atoms with Gasteiger partial charge in [-0.15, -0.1) is 0 Å². The lowest BCUT2D eigenvalue weighted by atomic mass is 10.3. The first-order valence-corrected chi connectivity index (χ1v) is 3.04. The Bertz CT molecular complexity index is 82.4. The minimum Gasteiger partial charge on any atom is -0.381 e. The molecular formula is C7H15N. The molecule has 0 amide bonds. The van der Waals surface area contributed by atoms with Gasteiger partial charge in [0.2, 0.25) is 0 Å². The van der Waals surface area contributed by atoms with Gasteiger partial charge in [-0.3, -0.25) is 0 Å². The summed E-state index contributed by atoms with van der Waals surface area (Å²) < 4.78 is 0. The Morgan fingerprint density at radius 2 is 2.00 bits per heavy atom. The maximum Gasteiger partial charge on any atom is 0.00813 e. The average molecular weight is 113 g/mol. The number of nitrogens with zero attached hydrogens (tertiary/aromatic N) is 1. The molecule has 0 fully saturated rings. The Kier molecular flexibility index (Phi) is 3.33. The first-order valence-electron chi connectivity index (χ1n) is 3.04. The zero-order valence-corrected chi connectivity index (χ0v) is 6.23. The molecule has 0 spiro atoms. The van der Waals surface area contributed by atoms with Crippen molar-refractivity contribution in [1.82, 2.24) is 4.90 Å². The van der Waals surface area contributed by atoms with Crippen molar-refractivity contribution in [1.29, 1.82) is 0 Å². The van der Waals surface area contributed by atoms with Crippen LogP contribution in [0.3, 0.4) is 0 Å². The highest BCUT2D eigenvalue weighted by Crippen LogP contribution is 2.01. The minimum atomic E-state index is 1.13. The van der Waals surface area contributed by atoms with Gasteiger partial charge in [0.15, 0.2) is 0 Å². The second-order valence-electron chi connectivity index (χ2n) is 2.03. The lowest BCUT2D eigenvalue weighted by Gasteiger charge is -2.13. The molecule has 0 bridgehead atoms. The number of rotatable bonds is 2. The molecule has 48 valence electrons. The van der Waals surface area contributed by atoms with E-state index >= 15 is 0 Å². The van der Waals surface area contributed by atoms with E-state index in [-0.39, 0.29) is 0 Å². The summed E-state index contributed by atoms with van der Waals surface area (Å²) in [5, 5.41) is 0. The monoisotopic (exact) mass is 113 g/mol. The summed E-state index contributed by atoms with van der Waals surface area (Å²) in [5.41, 5.74) is 1.39. The minimum absolute atomic E-state index is 1.13. The predicted molar refractivity (Wildman–Crippen MR) is 37.7 cm³/mol. The van der Waals surface area contributed by atoms with E-state index in [9.17, 15) is 0 Å². The Labute approximate surface area is 52.0 Å². The number of hydrogen-bond acceptors (Lipinski definition) is 1. The van der Waals surface area contributed by atoms with Crippen LogP contribution in [0.15, 0.2) is 11.8 Å². The molecule has 8 heavy (non-hydrogen) atoms. The van der Waals surface area contributed by atoms with Gasteiger partial charge in [-0.05, 0) is 13.3 Å². The van der Waals surface area contributed by atoms with Crippen molar-refractivity contribution in [3.8, 4) is 0 Å². The molecular weight excluding hydrogens is 98.1 g/mol. The van der Waals surface area contributed by atoms with Crippen LogP contribution in [0.2, 0.25) is 0 Å². The summed E-state index contributed by atoms with van der Waals surface area (Å²) >= 11 is 0. The third kappa shape index (κ3) is 2.01. The van der Waals surface area contributed by atoms with E-state index in [1.165, 1.54) is 5.70 Å². The second-order valence-corrected chi connectivity index (χ2v) is 2.03. The van der Waals surface area contributed by atoms with E-state index in [0.717, 1.165) is 6.42 Å². The molecule has 0 N–H and O–H groups in total. The summed E-state index contributed by atoms with van der Waals surface area (Å²) in [7, 11) is 4.14. The number of hydrogen-bond donors (Lipinski definition) is 0. The van der Waals surface area contributed by atoms with Crippen LogP contribution in [0.4, 0.5) is 0 Å². The highest BCUT2D eigenvalue weighted by molar-refractivity contribution is 4.95. The second kappa shape index (κ2) is 3.53. The summed E-state index contributed by atoms with van der Waals surface area (Å²) in [6, 6.07) is 0. The van der Waals surface area contributed by atoms with Gasteiger partial charge in [0.05, 0.1) is 0 Å². The topological polar surface area (TPSA) is 3.24 Å². The lowest BCUT2D eigenvalue weighted by Crippen LogP contribution is -2.09. The fraction of sp³-hybridized carbons (Fsp3) is 0.714. The van der Waals surface area contributed by atoms with Crippen LogP contribution in [0.5, 0.6) is 0 Å². The fourth-order valence-corrected chi connectivity index (χ4v) is 0.779. The molecule has 0 radical (unpaired) electrons. The van der Waals surface area contributed by atoms with Gasteiger partial charge in [-0.25, -0.2) is 0 Å². The van der Waals surface area contributed by atoms with Crippen molar-refractivity contribution in [2.45, 2.75) is 20.3 Å². The normalized spacial score (nSPS) is 11.8. The predicted octanol–water partition coefficient (Wildman–Crippen LogP) is 1.86. The first kappa shape index (κ1) is 7.54. The fourth-order valence-electron chi connectivity index (χ4n) is 0.779. The van der Waals surface area contributed by atoms with Crippen LogP contribution in [0.1, 0.15) is 20.3 Å². The largest absolute Gasteiger partial charge is 0.381 e. The van der Waals surface area contributed by atoms with E-state index in [2.05, 4.69) is 38.9 Å². The molecule has 0 aromatic heterocycles. The van der Waals surface area contributed by atoms with Crippen molar-refractivity contribution in [3.05, 3.63) is 11.8 Å². The smallest absolute Gasteiger partial charge is 0.00813 e. The van der Waals surface area contributed by atoms with Crippen molar-refractivity contribution >= 4 is 0 Å². The van der Waals surface area contributed by atoms with E-state index in [0.29, 0.717) is 0 Å². The van der Waals surface area contributed by atoms with Crippen molar-refractivity contribution in [2.24, 2.45) is 0 Å². The average Bonchev–Trinajstić information content (AvgIpc) is 1.69. The molecule has 1 nitrogen and oxygen atoms in total. The molecule has 0 aromatic carbocycles. The molecule has 0 saturated heterocycles. The van der Waals surface area contributed by atoms with Gasteiger partial charge >= 0.3 is 0 Å². The summed E-state index contributed by atoms with van der Waals surface area (Å²) in [4.78, 5) is 2.14. The molecule has 0 aromatic rings. The quantitative estimate of drug-likeness (QED) is 0.528. The maximum atomic E-state index is 2.16. The van der Waals surface area contributed by atoms with Crippen molar-refractivity contribution < 1.29 is 0 Å². The zero-order chi connectivity index (χ0) is 6.57. The third-order valence-electron chi connectivity index (χ3n) is 1.27. The third-order valence-corrected chi connectivity index (χ3v) is 1.27.